The molecular formula is H3I3NP. The lowest BCUT2D eigenvalue weighted by molar-refractivity contribution is 1.60. The van der Waals surface area contributed by atoms with Gasteiger partial charge in [0.05, 0.1) is 0 Å². The summed E-state index contributed by atoms with van der Waals surface area (Å²) in [5, 5.41) is 0. The molecule has 34 valence electrons. The van der Waals surface area contributed by atoms with Crippen molar-refractivity contribution in [2.45, 2.75) is 0 Å². The minimum absolute atomic E-state index is 0. The Hall–Kier alpha value is 2.58. The van der Waals surface area contributed by atoms with Gasteiger partial charge in [-0.25, -0.2) is 0 Å². The molecule has 1 atom stereocenters. The number of nitrogens with zero attached hydrogens (tertiary/aromatic N) is 1. The van der Waals surface area contributed by atoms with Crippen LogP contribution in [0.15, 0.2) is 0 Å². The van der Waals surface area contributed by atoms with E-state index in [2.05, 4.69) is 68.6 Å². The molecule has 0 heterocycles. The van der Waals surface area contributed by atoms with Crippen LogP contribution in [0, 0.1) is 0 Å². The highest BCUT2D eigenvalue weighted by molar-refractivity contribution is 14.3. The van der Waals surface area contributed by atoms with Crippen LogP contribution in [-0.2, 0) is 0 Å². The summed E-state index contributed by atoms with van der Waals surface area (Å²) in [6.07, 6.45) is 0. The Kier molecular flexibility index (Phi) is 13.9. The number of rotatable bonds is 0. The van der Waals surface area contributed by atoms with Crippen LogP contribution in [0.2, 0.25) is 0 Å². The summed E-state index contributed by atoms with van der Waals surface area (Å²) < 4.78 is 1.91. The molecule has 0 saturated heterocycles. The minimum Gasteiger partial charge on any atom is -0.153 e. The van der Waals surface area contributed by atoms with Gasteiger partial charge in [0.2, 0.25) is 0 Å². The van der Waals surface area contributed by atoms with Crippen LogP contribution >= 0.6 is 78.5 Å². The SMILES string of the molecule is IN(I)I.P. The first kappa shape index (κ1) is 10.5. The van der Waals surface area contributed by atoms with Gasteiger partial charge >= 0.3 is 0 Å². The molecular weight excluding hydrogens is 426 g/mol. The maximum Gasteiger partial charge on any atom is 0.0420 e. The molecule has 0 aliphatic carbocycles. The van der Waals surface area contributed by atoms with Crippen LogP contribution in [-0.4, -0.2) is -0.460 Å². The highest BCUT2D eigenvalue weighted by Crippen LogP contribution is 2.12. The third-order valence-electron chi connectivity index (χ3n) is 0. The summed E-state index contributed by atoms with van der Waals surface area (Å²) in [6, 6.07) is 0. The molecule has 0 aromatic heterocycles. The molecule has 0 N–H and O–H groups in total. The zero-order valence-corrected chi connectivity index (χ0v) is 10.2. The summed E-state index contributed by atoms with van der Waals surface area (Å²) in [4.78, 5) is 0. The summed E-state index contributed by atoms with van der Waals surface area (Å²) >= 11 is 6.45. The lowest BCUT2D eigenvalue weighted by Gasteiger charge is -1.78. The molecule has 1 nitrogen and oxygen atoms in total. The van der Waals surface area contributed by atoms with Gasteiger partial charge in [-0.15, -0.1) is -0.460 Å². The Morgan fingerprint density at radius 3 is 1.00 bits per heavy atom. The van der Waals surface area contributed by atoms with Crippen molar-refractivity contribution in [3.63, 3.8) is 0 Å². The van der Waals surface area contributed by atoms with E-state index in [9.17, 15) is 0 Å². The Bertz CT molecular complexity index is 11.6. The molecule has 5 heteroatoms. The van der Waals surface area contributed by atoms with Gasteiger partial charge < -0.3 is 0 Å². The van der Waals surface area contributed by atoms with Gasteiger partial charge in [0.25, 0.3) is 0 Å². The monoisotopic (exact) mass is 429 g/mol. The van der Waals surface area contributed by atoms with Gasteiger partial charge in [0.1, 0.15) is 0 Å². The summed E-state index contributed by atoms with van der Waals surface area (Å²) in [5.74, 6) is 0. The Morgan fingerprint density at radius 2 is 1.00 bits per heavy atom. The molecule has 1 unspecified atom stereocenters. The molecule has 0 aliphatic heterocycles. The Balaban J connectivity index is 0. The van der Waals surface area contributed by atoms with Crippen molar-refractivity contribution < 1.29 is 0 Å². The van der Waals surface area contributed by atoms with E-state index in [1.807, 2.05) is -0.460 Å². The predicted octanol–water partition coefficient (Wildman–Crippen LogP) is 2.40. The summed E-state index contributed by atoms with van der Waals surface area (Å²) in [7, 11) is 0. The van der Waals surface area contributed by atoms with Gasteiger partial charge in [-0.3, -0.25) is 0 Å². The molecule has 0 bridgehead atoms. The van der Waals surface area contributed by atoms with Crippen LogP contribution in [0.5, 0.6) is 0 Å². The fourth-order valence-electron chi connectivity index (χ4n) is 0. The third-order valence-corrected chi connectivity index (χ3v) is 0. The number of halogens is 3. The molecule has 0 radical (unpaired) electrons. The molecule has 5 heavy (non-hydrogen) atoms. The van der Waals surface area contributed by atoms with Crippen LogP contribution < -0.4 is 0 Å². The highest BCUT2D eigenvalue weighted by atomic mass is 127. The maximum atomic E-state index is 2.15. The van der Waals surface area contributed by atoms with Crippen molar-refractivity contribution in [2.75, 3.05) is 0 Å². The maximum absolute atomic E-state index is 2.15. The summed E-state index contributed by atoms with van der Waals surface area (Å²) in [5.41, 5.74) is 0. The normalized spacial score (nSPS) is 7.20. The molecule has 0 aliphatic rings. The van der Waals surface area contributed by atoms with Crippen molar-refractivity contribution in [3.05, 3.63) is 0 Å². The van der Waals surface area contributed by atoms with Crippen molar-refractivity contribution in [1.82, 2.24) is -0.460 Å². The summed E-state index contributed by atoms with van der Waals surface area (Å²) in [6.45, 7) is 0. The standard InChI is InChI=1S/I3N.H3P/c1-4(2)3;/h;1H3. The Morgan fingerprint density at radius 1 is 1.00 bits per heavy atom. The van der Waals surface area contributed by atoms with Crippen molar-refractivity contribution >= 4 is 78.5 Å². The van der Waals surface area contributed by atoms with E-state index in [0.29, 0.717) is 0 Å². The molecule has 0 amide bonds. The minimum atomic E-state index is 0. The van der Waals surface area contributed by atoms with Crippen LogP contribution in [0.3, 0.4) is 0 Å². The molecule has 0 fully saturated rings. The van der Waals surface area contributed by atoms with E-state index < -0.39 is 0 Å². The van der Waals surface area contributed by atoms with E-state index in [-0.39, 0.29) is 9.90 Å². The smallest absolute Gasteiger partial charge is 0.0420 e. The second-order valence-corrected chi connectivity index (χ2v) is 8.62. The first-order valence-electron chi connectivity index (χ1n) is 0.507. The predicted molar refractivity (Wildman–Crippen MR) is 55.0 cm³/mol. The first-order valence-corrected chi connectivity index (χ1v) is 3.40. The largest absolute Gasteiger partial charge is 0.153 e. The second-order valence-electron chi connectivity index (χ2n) is 0.192. The van der Waals surface area contributed by atoms with Gasteiger partial charge in [-0.2, -0.15) is 9.90 Å². The molecule has 0 saturated carbocycles. The fourth-order valence-corrected chi connectivity index (χ4v) is 0. The average Bonchev–Trinajstić information content (AvgIpc) is 0.811. The van der Waals surface area contributed by atoms with E-state index in [1.165, 1.54) is 0 Å². The van der Waals surface area contributed by atoms with E-state index >= 15 is 0 Å². The fraction of sp³-hybridized carbons (Fsp3) is 0. The van der Waals surface area contributed by atoms with Crippen molar-refractivity contribution in [1.29, 1.82) is 0 Å². The topological polar surface area (TPSA) is 3.24 Å². The lowest BCUT2D eigenvalue weighted by atomic mass is 14.0. The van der Waals surface area contributed by atoms with E-state index in [1.54, 1.807) is 0 Å². The highest BCUT2D eigenvalue weighted by Gasteiger charge is 1.69. The van der Waals surface area contributed by atoms with E-state index in [0.717, 1.165) is 0 Å². The van der Waals surface area contributed by atoms with Crippen molar-refractivity contribution in [2.24, 2.45) is 0 Å². The van der Waals surface area contributed by atoms with Gasteiger partial charge in [0, 0.05) is 68.6 Å². The van der Waals surface area contributed by atoms with Crippen LogP contribution in [0.25, 0.3) is 0 Å². The lowest BCUT2D eigenvalue weighted by Crippen LogP contribution is -1.55. The number of hydrogen-bond donors (Lipinski definition) is 0. The number of hydrogen-bond acceptors (Lipinski definition) is 1. The van der Waals surface area contributed by atoms with Crippen molar-refractivity contribution in [3.8, 4) is 0 Å². The van der Waals surface area contributed by atoms with Gasteiger partial charge in [0.15, 0.2) is 0 Å². The zero-order chi connectivity index (χ0) is 3.58. The zero-order valence-electron chi connectivity index (χ0n) is 2.29. The molecule has 0 spiro atoms. The third kappa shape index (κ3) is 20.7. The van der Waals surface area contributed by atoms with E-state index in [4.69, 9.17) is 0 Å². The molecule has 0 aromatic carbocycles. The molecule has 0 aromatic rings. The van der Waals surface area contributed by atoms with Gasteiger partial charge in [-0.1, -0.05) is 0 Å². The second kappa shape index (κ2) is 6.58. The van der Waals surface area contributed by atoms with Gasteiger partial charge in [-0.05, 0) is 0 Å². The average molecular weight is 429 g/mol. The van der Waals surface area contributed by atoms with Crippen LogP contribution in [0.1, 0.15) is 0 Å². The van der Waals surface area contributed by atoms with Crippen LogP contribution in [0.4, 0.5) is 0 Å². The quantitative estimate of drug-likeness (QED) is 0.325. The molecule has 0 rings (SSSR count). The first-order chi connectivity index (χ1) is 1.73. The Labute approximate surface area is 76.7 Å².